The maximum absolute atomic E-state index is 13.8. The number of rotatable bonds is 4. The molecule has 0 spiro atoms. The van der Waals surface area contributed by atoms with Crippen LogP contribution in [0.5, 0.6) is 0 Å². The molecule has 2 aliphatic rings. The lowest BCUT2D eigenvalue weighted by molar-refractivity contribution is 0.331. The molecule has 1 aliphatic heterocycles. The summed E-state index contributed by atoms with van der Waals surface area (Å²) >= 11 is 0. The fourth-order valence-corrected chi connectivity index (χ4v) is 6.54. The van der Waals surface area contributed by atoms with E-state index in [4.69, 9.17) is 0 Å². The van der Waals surface area contributed by atoms with E-state index in [9.17, 15) is 21.2 Å². The van der Waals surface area contributed by atoms with Crippen molar-refractivity contribution in [2.75, 3.05) is 11.5 Å². The lowest BCUT2D eigenvalue weighted by Gasteiger charge is -2.27. The van der Waals surface area contributed by atoms with Crippen molar-refractivity contribution >= 4 is 19.9 Å². The Hall–Kier alpha value is -0.990. The number of hydrogen-bond acceptors (Lipinski definition) is 4. The first kappa shape index (κ1) is 14.9. The second-order valence-electron chi connectivity index (χ2n) is 5.55. The minimum Gasteiger partial charge on any atom is -0.229 e. The first-order valence-electron chi connectivity index (χ1n) is 6.80. The lowest BCUT2D eigenvalue weighted by Crippen LogP contribution is -2.42. The molecule has 1 unspecified atom stereocenters. The maximum atomic E-state index is 13.8. The molecule has 2 fully saturated rings. The van der Waals surface area contributed by atoms with Crippen LogP contribution in [0.15, 0.2) is 29.2 Å². The summed E-state index contributed by atoms with van der Waals surface area (Å²) in [5.41, 5.74) is 0. The Morgan fingerprint density at radius 1 is 1.10 bits per heavy atom. The van der Waals surface area contributed by atoms with E-state index in [1.807, 2.05) is 0 Å². The molecule has 1 heterocycles. The van der Waals surface area contributed by atoms with Crippen LogP contribution in [0.4, 0.5) is 4.39 Å². The van der Waals surface area contributed by atoms with Crippen molar-refractivity contribution in [3.63, 3.8) is 0 Å². The topological polar surface area (TPSA) is 71.5 Å². The van der Waals surface area contributed by atoms with Gasteiger partial charge in [0.25, 0.3) is 0 Å². The summed E-state index contributed by atoms with van der Waals surface area (Å²) in [7, 11) is -7.21. The normalized spacial score (nSPS) is 25.3. The Bertz CT molecular complexity index is 756. The van der Waals surface area contributed by atoms with Crippen molar-refractivity contribution in [2.45, 2.75) is 36.2 Å². The van der Waals surface area contributed by atoms with Gasteiger partial charge in [-0.15, -0.1) is 0 Å². The van der Waals surface area contributed by atoms with Gasteiger partial charge in [0, 0.05) is 12.1 Å². The molecule has 1 aromatic rings. The molecule has 1 aromatic carbocycles. The van der Waals surface area contributed by atoms with E-state index >= 15 is 0 Å². The zero-order valence-corrected chi connectivity index (χ0v) is 12.9. The molecule has 8 heteroatoms. The number of nitrogens with zero attached hydrogens (tertiary/aromatic N) is 1. The predicted molar refractivity (Wildman–Crippen MR) is 75.5 cm³/mol. The molecule has 0 aromatic heterocycles. The summed E-state index contributed by atoms with van der Waals surface area (Å²) in [6.07, 6.45) is 1.68. The van der Waals surface area contributed by atoms with Crippen molar-refractivity contribution < 1.29 is 21.2 Å². The van der Waals surface area contributed by atoms with Crippen LogP contribution in [0.3, 0.4) is 0 Å². The van der Waals surface area contributed by atoms with Crippen LogP contribution >= 0.6 is 0 Å². The van der Waals surface area contributed by atoms with E-state index in [1.54, 1.807) is 0 Å². The van der Waals surface area contributed by atoms with Crippen LogP contribution in [0.1, 0.15) is 19.3 Å². The molecule has 1 saturated heterocycles. The minimum atomic E-state index is -4.01. The second-order valence-corrected chi connectivity index (χ2v) is 9.59. The first-order chi connectivity index (χ1) is 9.81. The molecule has 0 bridgehead atoms. The monoisotopic (exact) mass is 333 g/mol. The highest BCUT2D eigenvalue weighted by molar-refractivity contribution is 7.92. The Kier molecular flexibility index (Phi) is 3.58. The lowest BCUT2D eigenvalue weighted by atomic mass is 10.2. The third-order valence-electron chi connectivity index (χ3n) is 3.87. The molecule has 3 rings (SSSR count). The predicted octanol–water partition coefficient (Wildman–Crippen LogP) is 1.17. The fourth-order valence-electron chi connectivity index (χ4n) is 2.76. The molecular weight excluding hydrogens is 317 g/mol. The van der Waals surface area contributed by atoms with Gasteiger partial charge in [-0.2, -0.15) is 4.31 Å². The van der Waals surface area contributed by atoms with Gasteiger partial charge >= 0.3 is 0 Å². The van der Waals surface area contributed by atoms with Crippen LogP contribution in [0.2, 0.25) is 0 Å². The third-order valence-corrected chi connectivity index (χ3v) is 7.66. The van der Waals surface area contributed by atoms with Gasteiger partial charge in [0.15, 0.2) is 9.84 Å². The van der Waals surface area contributed by atoms with Crippen LogP contribution in [0, 0.1) is 5.82 Å². The number of sulfone groups is 1. The molecule has 21 heavy (non-hydrogen) atoms. The summed E-state index contributed by atoms with van der Waals surface area (Å²) in [5, 5.41) is 0. The molecular formula is C13H16FNO4S2. The van der Waals surface area contributed by atoms with Crippen molar-refractivity contribution in [2.24, 2.45) is 0 Å². The first-order valence-corrected chi connectivity index (χ1v) is 10.1. The van der Waals surface area contributed by atoms with Crippen molar-refractivity contribution in [1.29, 1.82) is 0 Å². The summed E-state index contributed by atoms with van der Waals surface area (Å²) in [6, 6.07) is 4.44. The largest absolute Gasteiger partial charge is 0.246 e. The summed E-state index contributed by atoms with van der Waals surface area (Å²) in [5.74, 6) is -0.978. The SMILES string of the molecule is O=S1(=O)CCC(N(C2CC2)S(=O)(=O)c2ccccc2F)C1. The summed E-state index contributed by atoms with van der Waals surface area (Å²) in [4.78, 5) is -0.374. The van der Waals surface area contributed by atoms with Gasteiger partial charge < -0.3 is 0 Å². The highest BCUT2D eigenvalue weighted by Gasteiger charge is 2.46. The Balaban J connectivity index is 2.00. The van der Waals surface area contributed by atoms with E-state index in [1.165, 1.54) is 22.5 Å². The van der Waals surface area contributed by atoms with Crippen LogP contribution in [-0.2, 0) is 19.9 Å². The third kappa shape index (κ3) is 2.84. The van der Waals surface area contributed by atoms with Gasteiger partial charge in [0.2, 0.25) is 10.0 Å². The molecule has 1 saturated carbocycles. The van der Waals surface area contributed by atoms with Gasteiger partial charge in [-0.1, -0.05) is 12.1 Å². The van der Waals surface area contributed by atoms with E-state index < -0.39 is 31.7 Å². The molecule has 0 N–H and O–H groups in total. The standard InChI is InChI=1S/C13H16FNO4S2/c14-12-3-1-2-4-13(12)21(18,19)15(10-5-6-10)11-7-8-20(16,17)9-11/h1-4,10-11H,5-9H2. The Labute approximate surface area is 123 Å². The number of hydrogen-bond donors (Lipinski definition) is 0. The number of sulfonamides is 1. The number of halogens is 1. The zero-order valence-electron chi connectivity index (χ0n) is 11.3. The smallest absolute Gasteiger partial charge is 0.229 e. The number of benzene rings is 1. The maximum Gasteiger partial charge on any atom is 0.246 e. The van der Waals surface area contributed by atoms with E-state index in [0.29, 0.717) is 12.8 Å². The second kappa shape index (κ2) is 5.03. The van der Waals surface area contributed by atoms with Gasteiger partial charge in [0.05, 0.1) is 11.5 Å². The van der Waals surface area contributed by atoms with Gasteiger partial charge in [0.1, 0.15) is 10.7 Å². The van der Waals surface area contributed by atoms with Gasteiger partial charge in [-0.3, -0.25) is 0 Å². The Morgan fingerprint density at radius 2 is 1.76 bits per heavy atom. The zero-order chi connectivity index (χ0) is 15.3. The van der Waals surface area contributed by atoms with Gasteiger partial charge in [-0.25, -0.2) is 21.2 Å². The summed E-state index contributed by atoms with van der Waals surface area (Å²) in [6.45, 7) is 0. The molecule has 1 aliphatic carbocycles. The van der Waals surface area contributed by atoms with Gasteiger partial charge in [-0.05, 0) is 31.4 Å². The van der Waals surface area contributed by atoms with E-state index in [0.717, 1.165) is 6.07 Å². The van der Waals surface area contributed by atoms with Crippen LogP contribution in [0.25, 0.3) is 0 Å². The molecule has 5 nitrogen and oxygen atoms in total. The molecule has 1 atom stereocenters. The van der Waals surface area contributed by atoms with Crippen molar-refractivity contribution in [3.05, 3.63) is 30.1 Å². The molecule has 0 radical (unpaired) electrons. The molecule has 116 valence electrons. The fraction of sp³-hybridized carbons (Fsp3) is 0.538. The minimum absolute atomic E-state index is 0.00627. The van der Waals surface area contributed by atoms with Crippen LogP contribution < -0.4 is 0 Å². The van der Waals surface area contributed by atoms with Crippen LogP contribution in [-0.4, -0.2) is 44.7 Å². The Morgan fingerprint density at radius 3 is 2.29 bits per heavy atom. The molecule has 0 amide bonds. The summed E-state index contributed by atoms with van der Waals surface area (Å²) < 4.78 is 63.8. The van der Waals surface area contributed by atoms with Crippen molar-refractivity contribution in [3.8, 4) is 0 Å². The average molecular weight is 333 g/mol. The quantitative estimate of drug-likeness (QED) is 0.829. The van der Waals surface area contributed by atoms with E-state index in [2.05, 4.69) is 0 Å². The highest BCUT2D eigenvalue weighted by atomic mass is 32.2. The highest BCUT2D eigenvalue weighted by Crippen LogP contribution is 2.37. The average Bonchev–Trinajstić information content (AvgIpc) is 3.14. The van der Waals surface area contributed by atoms with E-state index in [-0.39, 0.29) is 28.9 Å². The van der Waals surface area contributed by atoms with Crippen molar-refractivity contribution in [1.82, 2.24) is 4.31 Å².